The van der Waals surface area contributed by atoms with E-state index in [1.807, 2.05) is 0 Å². The standard InChI is InChI=1S/C11H20O2/c1-6-11(4,5)8-7-9(2)13-10(3)12/h9H,1-2,6-8H2,3-5H3. The van der Waals surface area contributed by atoms with Crippen molar-refractivity contribution in [2.75, 3.05) is 0 Å². The molecule has 0 aliphatic carbocycles. The molecule has 0 saturated heterocycles. The van der Waals surface area contributed by atoms with Gasteiger partial charge in [0.2, 0.25) is 0 Å². The number of hydrogen-bond donors (Lipinski definition) is 0. The Hall–Kier alpha value is -0.530. The van der Waals surface area contributed by atoms with Crippen LogP contribution in [0, 0.1) is 19.3 Å². The van der Waals surface area contributed by atoms with Crippen LogP contribution in [-0.2, 0) is 9.53 Å². The number of carbonyl (C=O) groups excluding carboxylic acids is 1. The van der Waals surface area contributed by atoms with E-state index in [0.717, 1.165) is 19.3 Å². The second-order valence-electron chi connectivity index (χ2n) is 4.18. The van der Waals surface area contributed by atoms with E-state index in [1.165, 1.54) is 6.92 Å². The zero-order valence-electron chi connectivity index (χ0n) is 8.93. The van der Waals surface area contributed by atoms with E-state index in [-0.39, 0.29) is 17.5 Å². The van der Waals surface area contributed by atoms with Gasteiger partial charge in [0.15, 0.2) is 0 Å². The molecule has 1 atom stereocenters. The van der Waals surface area contributed by atoms with Gasteiger partial charge in [-0.05, 0) is 31.6 Å². The van der Waals surface area contributed by atoms with Crippen molar-refractivity contribution in [1.29, 1.82) is 0 Å². The van der Waals surface area contributed by atoms with Gasteiger partial charge in [-0.3, -0.25) is 4.79 Å². The van der Waals surface area contributed by atoms with E-state index in [0.29, 0.717) is 0 Å². The van der Waals surface area contributed by atoms with Gasteiger partial charge in [-0.25, -0.2) is 0 Å². The zero-order valence-corrected chi connectivity index (χ0v) is 8.93. The Morgan fingerprint density at radius 2 is 2.08 bits per heavy atom. The second-order valence-corrected chi connectivity index (χ2v) is 4.18. The number of ether oxygens (including phenoxy) is 1. The normalized spacial score (nSPS) is 13.9. The van der Waals surface area contributed by atoms with Crippen molar-refractivity contribution in [3.8, 4) is 0 Å². The molecule has 2 nitrogen and oxygen atoms in total. The van der Waals surface area contributed by atoms with Crippen LogP contribution < -0.4 is 0 Å². The third kappa shape index (κ3) is 6.62. The molecule has 0 heterocycles. The molecule has 0 saturated carbocycles. The molecule has 2 radical (unpaired) electrons. The van der Waals surface area contributed by atoms with Crippen LogP contribution in [0.25, 0.3) is 0 Å². The van der Waals surface area contributed by atoms with Crippen molar-refractivity contribution in [3.63, 3.8) is 0 Å². The molecule has 13 heavy (non-hydrogen) atoms. The molecule has 0 aliphatic rings. The molecule has 0 N–H and O–H groups in total. The maximum absolute atomic E-state index is 10.6. The van der Waals surface area contributed by atoms with E-state index >= 15 is 0 Å². The lowest BCUT2D eigenvalue weighted by atomic mass is 9.84. The van der Waals surface area contributed by atoms with Crippen LogP contribution in [0.1, 0.15) is 40.0 Å². The molecule has 0 rings (SSSR count). The summed E-state index contributed by atoms with van der Waals surface area (Å²) < 4.78 is 4.92. The Kier molecular flexibility index (Phi) is 5.04. The Morgan fingerprint density at radius 3 is 2.46 bits per heavy atom. The highest BCUT2D eigenvalue weighted by Gasteiger charge is 2.17. The first kappa shape index (κ1) is 12.5. The lowest BCUT2D eigenvalue weighted by molar-refractivity contribution is -0.144. The van der Waals surface area contributed by atoms with Crippen molar-refractivity contribution in [2.45, 2.75) is 46.1 Å². The van der Waals surface area contributed by atoms with Gasteiger partial charge in [0, 0.05) is 6.92 Å². The van der Waals surface area contributed by atoms with Gasteiger partial charge in [-0.15, -0.1) is 0 Å². The van der Waals surface area contributed by atoms with Crippen molar-refractivity contribution >= 4 is 5.97 Å². The zero-order chi connectivity index (χ0) is 10.5. The summed E-state index contributed by atoms with van der Waals surface area (Å²) in [4.78, 5) is 10.6. The second kappa shape index (κ2) is 5.25. The van der Waals surface area contributed by atoms with Gasteiger partial charge in [0.05, 0.1) is 0 Å². The molecule has 0 bridgehead atoms. The number of carbonyl (C=O) groups is 1. The molecule has 0 aliphatic heterocycles. The summed E-state index contributed by atoms with van der Waals surface area (Å²) in [6.45, 7) is 13.3. The number of hydrogen-bond acceptors (Lipinski definition) is 2. The largest absolute Gasteiger partial charge is 0.463 e. The van der Waals surface area contributed by atoms with E-state index in [4.69, 9.17) is 4.74 Å². The fraction of sp³-hybridized carbons (Fsp3) is 0.727. The summed E-state index contributed by atoms with van der Waals surface area (Å²) in [5.41, 5.74) is 0.218. The molecular weight excluding hydrogens is 164 g/mol. The van der Waals surface area contributed by atoms with Crippen LogP contribution in [0.2, 0.25) is 0 Å². The van der Waals surface area contributed by atoms with Crippen LogP contribution in [0.15, 0.2) is 0 Å². The Bertz CT molecular complexity index is 161. The molecule has 0 spiro atoms. The molecule has 0 aromatic carbocycles. The molecule has 2 heteroatoms. The minimum absolute atomic E-state index is 0.218. The lowest BCUT2D eigenvalue weighted by Crippen LogP contribution is -2.17. The predicted molar refractivity (Wildman–Crippen MR) is 53.9 cm³/mol. The van der Waals surface area contributed by atoms with Gasteiger partial charge in [0.25, 0.3) is 0 Å². The molecule has 0 amide bonds. The maximum atomic E-state index is 10.6. The Labute approximate surface area is 81.7 Å². The first-order chi connectivity index (χ1) is 5.87. The summed E-state index contributed by atoms with van der Waals surface area (Å²) in [7, 11) is 0. The first-order valence-corrected chi connectivity index (χ1v) is 4.67. The minimum atomic E-state index is -0.257. The highest BCUT2D eigenvalue weighted by molar-refractivity contribution is 5.66. The SMILES string of the molecule is [CH2]CC(C)(C)CCC([CH2])OC(C)=O. The predicted octanol–water partition coefficient (Wildman–Crippen LogP) is 2.78. The Balaban J connectivity index is 3.69. The van der Waals surface area contributed by atoms with Crippen LogP contribution in [0.3, 0.4) is 0 Å². The average Bonchev–Trinajstić information content (AvgIpc) is 2.00. The van der Waals surface area contributed by atoms with Crippen molar-refractivity contribution in [1.82, 2.24) is 0 Å². The number of esters is 1. The fourth-order valence-corrected chi connectivity index (χ4v) is 0.970. The van der Waals surface area contributed by atoms with Crippen LogP contribution >= 0.6 is 0 Å². The van der Waals surface area contributed by atoms with Crippen molar-refractivity contribution < 1.29 is 9.53 Å². The van der Waals surface area contributed by atoms with Gasteiger partial charge < -0.3 is 4.74 Å². The van der Waals surface area contributed by atoms with E-state index in [9.17, 15) is 4.79 Å². The molecule has 0 aromatic rings. The molecule has 0 fully saturated rings. The molecular formula is C11H20O2. The van der Waals surface area contributed by atoms with Crippen LogP contribution in [0.4, 0.5) is 0 Å². The monoisotopic (exact) mass is 184 g/mol. The van der Waals surface area contributed by atoms with Crippen LogP contribution in [0.5, 0.6) is 0 Å². The minimum Gasteiger partial charge on any atom is -0.463 e. The van der Waals surface area contributed by atoms with E-state index < -0.39 is 0 Å². The Morgan fingerprint density at radius 1 is 1.54 bits per heavy atom. The highest BCUT2D eigenvalue weighted by atomic mass is 16.5. The average molecular weight is 184 g/mol. The summed E-state index contributed by atoms with van der Waals surface area (Å²) in [5.74, 6) is -0.257. The van der Waals surface area contributed by atoms with Crippen molar-refractivity contribution in [3.05, 3.63) is 13.8 Å². The molecule has 76 valence electrons. The number of rotatable bonds is 5. The van der Waals surface area contributed by atoms with E-state index in [1.54, 1.807) is 0 Å². The topological polar surface area (TPSA) is 26.3 Å². The quantitative estimate of drug-likeness (QED) is 0.614. The summed E-state index contributed by atoms with van der Waals surface area (Å²) in [5, 5.41) is 0. The third-order valence-corrected chi connectivity index (χ3v) is 2.15. The van der Waals surface area contributed by atoms with Gasteiger partial charge >= 0.3 is 5.97 Å². The molecule has 0 aromatic heterocycles. The lowest BCUT2D eigenvalue weighted by Gasteiger charge is -2.24. The van der Waals surface area contributed by atoms with Crippen LogP contribution in [-0.4, -0.2) is 12.1 Å². The fourth-order valence-electron chi connectivity index (χ4n) is 0.970. The summed E-state index contributed by atoms with van der Waals surface area (Å²) >= 11 is 0. The third-order valence-electron chi connectivity index (χ3n) is 2.15. The summed E-state index contributed by atoms with van der Waals surface area (Å²) in [6.07, 6.45) is 2.46. The van der Waals surface area contributed by atoms with E-state index in [2.05, 4.69) is 27.7 Å². The van der Waals surface area contributed by atoms with Gasteiger partial charge in [0.1, 0.15) is 6.10 Å². The maximum Gasteiger partial charge on any atom is 0.302 e. The first-order valence-electron chi connectivity index (χ1n) is 4.67. The summed E-state index contributed by atoms with van der Waals surface area (Å²) in [6, 6.07) is 0. The van der Waals surface area contributed by atoms with Crippen molar-refractivity contribution in [2.24, 2.45) is 5.41 Å². The van der Waals surface area contributed by atoms with Gasteiger partial charge in [-0.2, -0.15) is 0 Å². The van der Waals surface area contributed by atoms with Gasteiger partial charge in [-0.1, -0.05) is 20.8 Å². The highest BCUT2D eigenvalue weighted by Crippen LogP contribution is 2.26. The molecule has 1 unspecified atom stereocenters. The smallest absolute Gasteiger partial charge is 0.302 e.